The largest absolute Gasteiger partial charge is 0.486 e. The molecule has 0 amide bonds. The quantitative estimate of drug-likeness (QED) is 0.678. The van der Waals surface area contributed by atoms with Gasteiger partial charge in [0, 0.05) is 20.8 Å². The van der Waals surface area contributed by atoms with Crippen molar-refractivity contribution >= 4 is 18.6 Å². The second-order valence-corrected chi connectivity index (χ2v) is 9.27. The highest BCUT2D eigenvalue weighted by molar-refractivity contribution is 6.64. The van der Waals surface area contributed by atoms with Gasteiger partial charge < -0.3 is 13.0 Å². The molecule has 3 nitrogen and oxygen atoms in total. The third-order valence-electron chi connectivity index (χ3n) is 3.05. The molecule has 0 spiro atoms. The predicted molar refractivity (Wildman–Crippen MR) is 62.1 cm³/mol. The summed E-state index contributed by atoms with van der Waals surface area (Å²) >= 11 is 0. The first-order chi connectivity index (χ1) is 6.70. The summed E-state index contributed by atoms with van der Waals surface area (Å²) in [6.07, 6.45) is 6.92. The summed E-state index contributed by atoms with van der Waals surface area (Å²) in [5, 5.41) is 0. The van der Waals surface area contributed by atoms with Crippen LogP contribution in [0.25, 0.3) is 0 Å². The average molecular weight is 234 g/mol. The first-order valence-corrected chi connectivity index (χ1v) is 9.06. The van der Waals surface area contributed by atoms with E-state index >= 15 is 0 Å². The third-order valence-corrected chi connectivity index (χ3v) is 8.58. The fourth-order valence-corrected chi connectivity index (χ4v) is 6.00. The standard InChI is InChI=1S/C9H22O3Si2/c1-10-14(3,11-2)12-13-9-7-5-4-6-8-9/h9H,4-8,13H2,1-3H3. The van der Waals surface area contributed by atoms with Crippen LogP contribution in [0.2, 0.25) is 12.1 Å². The zero-order valence-electron chi connectivity index (χ0n) is 9.54. The van der Waals surface area contributed by atoms with E-state index in [1.54, 1.807) is 14.2 Å². The lowest BCUT2D eigenvalue weighted by Crippen LogP contribution is -2.42. The van der Waals surface area contributed by atoms with E-state index in [9.17, 15) is 0 Å². The van der Waals surface area contributed by atoms with Crippen molar-refractivity contribution < 1.29 is 13.0 Å². The van der Waals surface area contributed by atoms with Gasteiger partial charge in [-0.25, -0.2) is 0 Å². The van der Waals surface area contributed by atoms with E-state index in [1.807, 2.05) is 6.55 Å². The summed E-state index contributed by atoms with van der Waals surface area (Å²) in [4.78, 5) is 0. The Morgan fingerprint density at radius 2 is 1.64 bits per heavy atom. The molecule has 0 aromatic rings. The maximum Gasteiger partial charge on any atom is 0.486 e. The van der Waals surface area contributed by atoms with Gasteiger partial charge in [0.1, 0.15) is 0 Å². The van der Waals surface area contributed by atoms with Crippen molar-refractivity contribution in [2.45, 2.75) is 44.2 Å². The third kappa shape index (κ3) is 3.82. The van der Waals surface area contributed by atoms with E-state index in [4.69, 9.17) is 13.0 Å². The molecule has 5 heteroatoms. The van der Waals surface area contributed by atoms with Crippen molar-refractivity contribution in [2.75, 3.05) is 14.2 Å². The molecule has 0 aromatic carbocycles. The van der Waals surface area contributed by atoms with Gasteiger partial charge in [-0.2, -0.15) is 0 Å². The highest BCUT2D eigenvalue weighted by Gasteiger charge is 2.32. The SMILES string of the molecule is CO[Si](C)(OC)O[SiH2]C1CCCCC1. The monoisotopic (exact) mass is 234 g/mol. The second kappa shape index (κ2) is 6.02. The van der Waals surface area contributed by atoms with Crippen molar-refractivity contribution in [3.8, 4) is 0 Å². The molecule has 1 saturated carbocycles. The maximum absolute atomic E-state index is 5.90. The van der Waals surface area contributed by atoms with Crippen molar-refractivity contribution in [3.63, 3.8) is 0 Å². The molecule has 14 heavy (non-hydrogen) atoms. The highest BCUT2D eigenvalue weighted by atomic mass is 28.4. The van der Waals surface area contributed by atoms with Gasteiger partial charge in [0.15, 0.2) is 9.76 Å². The van der Waals surface area contributed by atoms with Crippen LogP contribution in [0.4, 0.5) is 0 Å². The van der Waals surface area contributed by atoms with Crippen LogP contribution in [0.1, 0.15) is 32.1 Å². The van der Waals surface area contributed by atoms with Gasteiger partial charge in [0.05, 0.1) is 0 Å². The van der Waals surface area contributed by atoms with Gasteiger partial charge in [0.25, 0.3) is 0 Å². The van der Waals surface area contributed by atoms with Gasteiger partial charge in [0.2, 0.25) is 0 Å². The van der Waals surface area contributed by atoms with Crippen LogP contribution in [0.5, 0.6) is 0 Å². The first kappa shape index (κ1) is 12.4. The van der Waals surface area contributed by atoms with Crippen LogP contribution >= 0.6 is 0 Å². The fourth-order valence-electron chi connectivity index (χ4n) is 1.82. The number of hydrogen-bond acceptors (Lipinski definition) is 3. The van der Waals surface area contributed by atoms with E-state index in [0.29, 0.717) is 0 Å². The molecule has 1 aliphatic rings. The van der Waals surface area contributed by atoms with E-state index in [0.717, 1.165) is 5.54 Å². The van der Waals surface area contributed by atoms with Crippen LogP contribution in [-0.4, -0.2) is 32.8 Å². The zero-order chi connectivity index (χ0) is 10.4. The summed E-state index contributed by atoms with van der Waals surface area (Å²) in [5.41, 5.74) is 0.862. The molecule has 1 rings (SSSR count). The maximum atomic E-state index is 5.90. The number of rotatable bonds is 5. The number of hydrogen-bond donors (Lipinski definition) is 0. The molecule has 0 unspecified atom stereocenters. The van der Waals surface area contributed by atoms with E-state index in [1.165, 1.54) is 32.1 Å². The van der Waals surface area contributed by atoms with Gasteiger partial charge >= 0.3 is 8.80 Å². The van der Waals surface area contributed by atoms with E-state index < -0.39 is 18.6 Å². The molecule has 0 heterocycles. The van der Waals surface area contributed by atoms with Crippen LogP contribution in [0.15, 0.2) is 0 Å². The summed E-state index contributed by atoms with van der Waals surface area (Å²) in [6.45, 7) is 1.98. The molecule has 0 aromatic heterocycles. The molecule has 84 valence electrons. The van der Waals surface area contributed by atoms with Crippen LogP contribution in [0.3, 0.4) is 0 Å². The molecule has 0 aliphatic heterocycles. The molecular formula is C9H22O3Si2. The molecule has 0 radical (unpaired) electrons. The Labute approximate surface area is 90.4 Å². The molecule has 0 saturated heterocycles. The molecule has 0 bridgehead atoms. The Morgan fingerprint density at radius 1 is 1.07 bits per heavy atom. The Bertz CT molecular complexity index is 156. The molecule has 1 fully saturated rings. The van der Waals surface area contributed by atoms with Crippen LogP contribution in [-0.2, 0) is 13.0 Å². The van der Waals surface area contributed by atoms with E-state index in [-0.39, 0.29) is 0 Å². The molecule has 0 N–H and O–H groups in total. The van der Waals surface area contributed by atoms with Gasteiger partial charge in [-0.05, 0) is 5.54 Å². The van der Waals surface area contributed by atoms with E-state index in [2.05, 4.69) is 0 Å². The fraction of sp³-hybridized carbons (Fsp3) is 1.00. The molecular weight excluding hydrogens is 212 g/mol. The summed E-state index contributed by atoms with van der Waals surface area (Å²) < 4.78 is 16.5. The lowest BCUT2D eigenvalue weighted by Gasteiger charge is -2.27. The van der Waals surface area contributed by atoms with Crippen molar-refractivity contribution in [3.05, 3.63) is 0 Å². The summed E-state index contributed by atoms with van der Waals surface area (Å²) in [7, 11) is 0.703. The highest BCUT2D eigenvalue weighted by Crippen LogP contribution is 2.28. The van der Waals surface area contributed by atoms with Crippen molar-refractivity contribution in [1.29, 1.82) is 0 Å². The second-order valence-electron chi connectivity index (χ2n) is 4.09. The summed E-state index contributed by atoms with van der Waals surface area (Å²) in [5.74, 6) is 0. The Kier molecular flexibility index (Phi) is 5.32. The van der Waals surface area contributed by atoms with Crippen molar-refractivity contribution in [2.24, 2.45) is 0 Å². The zero-order valence-corrected chi connectivity index (χ0v) is 12.0. The lowest BCUT2D eigenvalue weighted by atomic mass is 10.0. The minimum absolute atomic E-state index is 0.449. The normalized spacial score (nSPS) is 20.8. The average Bonchev–Trinajstić information content (AvgIpc) is 2.27. The van der Waals surface area contributed by atoms with Crippen LogP contribution < -0.4 is 0 Å². The van der Waals surface area contributed by atoms with Crippen molar-refractivity contribution in [1.82, 2.24) is 0 Å². The summed E-state index contributed by atoms with van der Waals surface area (Å²) in [6, 6.07) is 0. The lowest BCUT2D eigenvalue weighted by molar-refractivity contribution is 0.170. The molecule has 1 aliphatic carbocycles. The van der Waals surface area contributed by atoms with Gasteiger partial charge in [-0.1, -0.05) is 32.1 Å². The minimum atomic E-state index is -2.22. The predicted octanol–water partition coefficient (Wildman–Crippen LogP) is 1.70. The Hall–Kier alpha value is 0.314. The topological polar surface area (TPSA) is 27.7 Å². The first-order valence-electron chi connectivity index (χ1n) is 5.44. The molecule has 0 atom stereocenters. The smallest absolute Gasteiger partial charge is 0.421 e. The minimum Gasteiger partial charge on any atom is -0.421 e. The van der Waals surface area contributed by atoms with Gasteiger partial charge in [-0.3, -0.25) is 0 Å². The Balaban J connectivity index is 2.23. The van der Waals surface area contributed by atoms with Crippen LogP contribution in [0, 0.1) is 0 Å². The van der Waals surface area contributed by atoms with Gasteiger partial charge in [-0.15, -0.1) is 0 Å². The Morgan fingerprint density at radius 3 is 2.14 bits per heavy atom.